The zero-order valence-corrected chi connectivity index (χ0v) is 10.3. The van der Waals surface area contributed by atoms with Gasteiger partial charge in [0.2, 0.25) is 0 Å². The number of anilines is 1. The molecule has 90 valence electrons. The van der Waals surface area contributed by atoms with Crippen LogP contribution < -0.4 is 11.1 Å². The molecule has 1 amide bonds. The lowest BCUT2D eigenvalue weighted by Crippen LogP contribution is -2.25. The average molecular weight is 250 g/mol. The smallest absolute Gasteiger partial charge is 0.263 e. The summed E-state index contributed by atoms with van der Waals surface area (Å²) < 4.78 is 1.74. The molecule has 0 atom stereocenters. The van der Waals surface area contributed by atoms with Crippen LogP contribution in [0, 0.1) is 0 Å². The van der Waals surface area contributed by atoms with Gasteiger partial charge >= 0.3 is 0 Å². The van der Waals surface area contributed by atoms with E-state index in [-0.39, 0.29) is 5.91 Å². The van der Waals surface area contributed by atoms with E-state index in [1.54, 1.807) is 10.7 Å². The lowest BCUT2D eigenvalue weighted by molar-refractivity contribution is 0.0959. The topological polar surface area (TPSA) is 72.9 Å². The van der Waals surface area contributed by atoms with Crippen LogP contribution in [0.3, 0.4) is 0 Å². The zero-order valence-electron chi connectivity index (χ0n) is 9.51. The average Bonchev–Trinajstić information content (AvgIpc) is 2.87. The summed E-state index contributed by atoms with van der Waals surface area (Å²) in [5, 5.41) is 8.87. The molecule has 0 saturated carbocycles. The van der Waals surface area contributed by atoms with Gasteiger partial charge in [-0.15, -0.1) is 11.3 Å². The summed E-state index contributed by atoms with van der Waals surface area (Å²) >= 11 is 1.35. The quantitative estimate of drug-likeness (QED) is 0.851. The number of hydrogen-bond acceptors (Lipinski definition) is 4. The van der Waals surface area contributed by atoms with Crippen LogP contribution in [-0.4, -0.2) is 22.2 Å². The van der Waals surface area contributed by atoms with Crippen molar-refractivity contribution in [2.24, 2.45) is 7.05 Å². The number of nitrogens with one attached hydrogen (secondary N) is 1. The van der Waals surface area contributed by atoms with E-state index < -0.39 is 0 Å². The molecule has 6 heteroatoms. The molecular weight excluding hydrogens is 236 g/mol. The molecule has 0 fully saturated rings. The van der Waals surface area contributed by atoms with E-state index in [9.17, 15) is 4.79 Å². The molecule has 0 aliphatic rings. The maximum atomic E-state index is 11.7. The van der Waals surface area contributed by atoms with Crippen LogP contribution in [0.25, 0.3) is 0 Å². The first kappa shape index (κ1) is 11.7. The molecule has 0 unspecified atom stereocenters. The number of carbonyl (C=O) groups excluding carboxylic acids is 1. The molecule has 0 aliphatic carbocycles. The van der Waals surface area contributed by atoms with E-state index in [0.29, 0.717) is 17.1 Å². The molecule has 2 aromatic rings. The highest BCUT2D eigenvalue weighted by molar-refractivity contribution is 7.12. The summed E-state index contributed by atoms with van der Waals surface area (Å²) in [5.41, 5.74) is 7.16. The van der Waals surface area contributed by atoms with Gasteiger partial charge in [-0.3, -0.25) is 9.48 Å². The molecule has 0 spiro atoms. The number of thiophene rings is 1. The summed E-state index contributed by atoms with van der Waals surface area (Å²) in [4.78, 5) is 12.3. The van der Waals surface area contributed by atoms with Crippen LogP contribution in [-0.2, 0) is 13.5 Å². The number of hydrogen-bond donors (Lipinski definition) is 2. The van der Waals surface area contributed by atoms with Gasteiger partial charge < -0.3 is 11.1 Å². The minimum Gasteiger partial charge on any atom is -0.397 e. The Kier molecular flexibility index (Phi) is 3.43. The van der Waals surface area contributed by atoms with Gasteiger partial charge in [-0.1, -0.05) is 0 Å². The van der Waals surface area contributed by atoms with E-state index in [0.717, 1.165) is 12.1 Å². The Morgan fingerprint density at radius 3 is 3.00 bits per heavy atom. The summed E-state index contributed by atoms with van der Waals surface area (Å²) in [6.07, 6.45) is 2.60. The van der Waals surface area contributed by atoms with Gasteiger partial charge in [-0.05, 0) is 17.5 Å². The minimum atomic E-state index is -0.117. The first-order valence-corrected chi connectivity index (χ1v) is 6.14. The number of aromatic nitrogens is 2. The first-order valence-electron chi connectivity index (χ1n) is 5.26. The molecule has 0 aliphatic heterocycles. The largest absolute Gasteiger partial charge is 0.397 e. The van der Waals surface area contributed by atoms with Gasteiger partial charge in [0.25, 0.3) is 5.91 Å². The van der Waals surface area contributed by atoms with E-state index in [1.807, 2.05) is 24.7 Å². The Hall–Kier alpha value is -1.82. The summed E-state index contributed by atoms with van der Waals surface area (Å²) in [6, 6.07) is 3.67. The first-order chi connectivity index (χ1) is 8.16. The molecule has 2 rings (SSSR count). The summed E-state index contributed by atoms with van der Waals surface area (Å²) in [6.45, 7) is 0.563. The van der Waals surface area contributed by atoms with Gasteiger partial charge in [0.1, 0.15) is 4.88 Å². The van der Waals surface area contributed by atoms with Gasteiger partial charge in [-0.2, -0.15) is 5.10 Å². The summed E-state index contributed by atoms with van der Waals surface area (Å²) in [7, 11) is 1.87. The lowest BCUT2D eigenvalue weighted by Gasteiger charge is -2.02. The zero-order chi connectivity index (χ0) is 12.3. The maximum Gasteiger partial charge on any atom is 0.263 e. The van der Waals surface area contributed by atoms with Crippen LogP contribution in [0.15, 0.2) is 23.7 Å². The highest BCUT2D eigenvalue weighted by Gasteiger charge is 2.10. The Balaban J connectivity index is 1.83. The standard InChI is InChI=1S/C11H14N4OS/c1-15-6-3-8(14-15)2-5-13-11(16)10-9(12)4-7-17-10/h3-4,6-7H,2,5,12H2,1H3,(H,13,16). The van der Waals surface area contributed by atoms with Crippen molar-refractivity contribution in [3.8, 4) is 0 Å². The molecule has 17 heavy (non-hydrogen) atoms. The normalized spacial score (nSPS) is 10.4. The van der Waals surface area contributed by atoms with Crippen molar-refractivity contribution in [1.29, 1.82) is 0 Å². The van der Waals surface area contributed by atoms with Crippen LogP contribution in [0.2, 0.25) is 0 Å². The van der Waals surface area contributed by atoms with E-state index in [2.05, 4.69) is 10.4 Å². The predicted molar refractivity (Wildman–Crippen MR) is 68.0 cm³/mol. The number of carbonyl (C=O) groups is 1. The molecule has 0 saturated heterocycles. The van der Waals surface area contributed by atoms with Crippen molar-refractivity contribution < 1.29 is 4.79 Å². The van der Waals surface area contributed by atoms with Crippen LogP contribution >= 0.6 is 11.3 Å². The SMILES string of the molecule is Cn1ccc(CCNC(=O)c2sccc2N)n1. The second kappa shape index (κ2) is 5.01. The van der Waals surface area contributed by atoms with Crippen molar-refractivity contribution in [2.45, 2.75) is 6.42 Å². The second-order valence-corrected chi connectivity index (χ2v) is 4.61. The van der Waals surface area contributed by atoms with Gasteiger partial charge in [0, 0.05) is 26.2 Å². The molecule has 3 N–H and O–H groups in total. The van der Waals surface area contributed by atoms with Crippen molar-refractivity contribution >= 4 is 22.9 Å². The van der Waals surface area contributed by atoms with Crippen LogP contribution in [0.5, 0.6) is 0 Å². The number of aryl methyl sites for hydroxylation is 1. The Morgan fingerprint density at radius 1 is 1.59 bits per heavy atom. The Labute approximate surface area is 103 Å². The van der Waals surface area contributed by atoms with Gasteiger partial charge in [-0.25, -0.2) is 0 Å². The monoisotopic (exact) mass is 250 g/mol. The fourth-order valence-corrected chi connectivity index (χ4v) is 2.22. The van der Waals surface area contributed by atoms with E-state index >= 15 is 0 Å². The number of nitrogens with two attached hydrogens (primary N) is 1. The van der Waals surface area contributed by atoms with Gasteiger partial charge in [0.15, 0.2) is 0 Å². The van der Waals surface area contributed by atoms with Crippen molar-refractivity contribution in [3.63, 3.8) is 0 Å². The number of nitrogen functional groups attached to an aromatic ring is 1. The predicted octanol–water partition coefficient (Wildman–Crippen LogP) is 1.04. The second-order valence-electron chi connectivity index (χ2n) is 3.69. The Morgan fingerprint density at radius 2 is 2.41 bits per heavy atom. The fraction of sp³-hybridized carbons (Fsp3) is 0.273. The number of rotatable bonds is 4. The highest BCUT2D eigenvalue weighted by atomic mass is 32.1. The van der Waals surface area contributed by atoms with Crippen LogP contribution in [0.1, 0.15) is 15.4 Å². The lowest BCUT2D eigenvalue weighted by atomic mass is 10.3. The molecule has 0 bridgehead atoms. The van der Waals surface area contributed by atoms with E-state index in [4.69, 9.17) is 5.73 Å². The molecule has 5 nitrogen and oxygen atoms in total. The maximum absolute atomic E-state index is 11.7. The Bertz CT molecular complexity index is 517. The van der Waals surface area contributed by atoms with Crippen molar-refractivity contribution in [1.82, 2.24) is 15.1 Å². The van der Waals surface area contributed by atoms with Crippen molar-refractivity contribution in [3.05, 3.63) is 34.3 Å². The van der Waals surface area contributed by atoms with Gasteiger partial charge in [0.05, 0.1) is 11.4 Å². The third-order valence-corrected chi connectivity index (χ3v) is 3.27. The molecule has 2 aromatic heterocycles. The minimum absolute atomic E-state index is 0.117. The fourth-order valence-electron chi connectivity index (χ4n) is 1.48. The molecular formula is C11H14N4OS. The van der Waals surface area contributed by atoms with Crippen LogP contribution in [0.4, 0.5) is 5.69 Å². The van der Waals surface area contributed by atoms with Crippen molar-refractivity contribution in [2.75, 3.05) is 12.3 Å². The van der Waals surface area contributed by atoms with E-state index in [1.165, 1.54) is 11.3 Å². The third kappa shape index (κ3) is 2.85. The highest BCUT2D eigenvalue weighted by Crippen LogP contribution is 2.18. The number of nitrogens with zero attached hydrogens (tertiary/aromatic N) is 2. The molecule has 0 radical (unpaired) electrons. The third-order valence-electron chi connectivity index (χ3n) is 2.34. The summed E-state index contributed by atoms with van der Waals surface area (Å²) in [5.74, 6) is -0.117. The number of amides is 1. The molecule has 0 aromatic carbocycles. The molecule has 2 heterocycles.